The topological polar surface area (TPSA) is 33.2 Å². The van der Waals surface area contributed by atoms with E-state index in [1.165, 1.54) is 12.8 Å². The molecule has 1 amide bonds. The van der Waals surface area contributed by atoms with Crippen molar-refractivity contribution < 1.29 is 4.79 Å². The summed E-state index contributed by atoms with van der Waals surface area (Å²) in [7, 11) is 0. The molecule has 3 atom stereocenters. The zero-order valence-corrected chi connectivity index (χ0v) is 18.3. The van der Waals surface area contributed by atoms with Crippen molar-refractivity contribution in [3.05, 3.63) is 41.5 Å². The fourth-order valence-corrected chi connectivity index (χ4v) is 4.73. The Balaban J connectivity index is 0.000000739. The number of amides is 1. The summed E-state index contributed by atoms with van der Waals surface area (Å²) in [5, 5.41) is 0. The molecule has 3 nitrogen and oxygen atoms in total. The van der Waals surface area contributed by atoms with Gasteiger partial charge in [-0.2, -0.15) is 0 Å². The Bertz CT molecular complexity index is 698. The summed E-state index contributed by atoms with van der Waals surface area (Å²) in [6.07, 6.45) is 5.89. The molecule has 28 heavy (non-hydrogen) atoms. The number of thiazole rings is 1. The first-order valence-corrected chi connectivity index (χ1v) is 11.5. The van der Waals surface area contributed by atoms with E-state index in [9.17, 15) is 4.79 Å². The van der Waals surface area contributed by atoms with E-state index in [1.54, 1.807) is 16.8 Å². The van der Waals surface area contributed by atoms with Crippen molar-refractivity contribution >= 4 is 17.2 Å². The number of nitrogens with zero attached hydrogens (tertiary/aromatic N) is 2. The fourth-order valence-electron chi connectivity index (χ4n) is 3.95. The van der Waals surface area contributed by atoms with Crippen LogP contribution in [0.4, 0.5) is 0 Å². The summed E-state index contributed by atoms with van der Waals surface area (Å²) in [6.45, 7) is 10.2. The van der Waals surface area contributed by atoms with Gasteiger partial charge in [0.1, 0.15) is 5.69 Å². The lowest BCUT2D eigenvalue weighted by molar-refractivity contribution is 0.0569. The van der Waals surface area contributed by atoms with Crippen molar-refractivity contribution in [2.24, 2.45) is 5.92 Å². The standard InChI is InChI=1S/C19H22N2OS.2C2H6.CH4/c1-2-6-15-10-9-14-11-16(14)21(15)19(22)17-18(23-12-20-17)13-7-4-3-5-8-13;2*1-2;/h3-5,7-8,12,14-16H,2,6,9-11H2,1H3;2*1-2H3;1H4/t14-,15+,16+;;;/m0.../s1. The molecule has 0 radical (unpaired) electrons. The van der Waals surface area contributed by atoms with Gasteiger partial charge in [-0.1, -0.05) is 78.8 Å². The minimum Gasteiger partial charge on any atom is -0.331 e. The van der Waals surface area contributed by atoms with E-state index in [2.05, 4.69) is 28.9 Å². The Hall–Kier alpha value is -1.68. The van der Waals surface area contributed by atoms with Crippen LogP contribution in [0.5, 0.6) is 0 Å². The van der Waals surface area contributed by atoms with E-state index in [0.717, 1.165) is 35.6 Å². The van der Waals surface area contributed by atoms with Gasteiger partial charge in [0.15, 0.2) is 0 Å². The number of carbonyl (C=O) groups is 1. The SMILES string of the molecule is C.CC.CC.CCC[C@@H]1CC[C@H]2C[C@H]2N1C(=O)c1ncsc1-c1ccccc1. The highest BCUT2D eigenvalue weighted by atomic mass is 32.1. The minimum atomic E-state index is 0. The highest BCUT2D eigenvalue weighted by Gasteiger charge is 2.50. The van der Waals surface area contributed by atoms with Gasteiger partial charge in [0.05, 0.1) is 10.4 Å². The average Bonchev–Trinajstić information content (AvgIpc) is 3.36. The van der Waals surface area contributed by atoms with Crippen LogP contribution in [0, 0.1) is 5.92 Å². The number of carbonyl (C=O) groups excluding carboxylic acids is 1. The first-order valence-electron chi connectivity index (χ1n) is 10.6. The van der Waals surface area contributed by atoms with E-state index in [-0.39, 0.29) is 13.3 Å². The monoisotopic (exact) mass is 402 g/mol. The van der Waals surface area contributed by atoms with Crippen LogP contribution < -0.4 is 0 Å². The van der Waals surface area contributed by atoms with Gasteiger partial charge < -0.3 is 4.90 Å². The minimum absolute atomic E-state index is 0. The molecular weight excluding hydrogens is 364 g/mol. The Morgan fingerprint density at radius 2 is 1.82 bits per heavy atom. The molecule has 1 saturated carbocycles. The van der Waals surface area contributed by atoms with Crippen molar-refractivity contribution in [1.29, 1.82) is 0 Å². The molecule has 4 heteroatoms. The number of piperidine rings is 1. The number of fused-ring (bicyclic) bond motifs is 1. The van der Waals surface area contributed by atoms with Gasteiger partial charge in [-0.15, -0.1) is 11.3 Å². The van der Waals surface area contributed by atoms with Crippen LogP contribution in [-0.4, -0.2) is 27.9 Å². The fraction of sp³-hybridized carbons (Fsp3) is 0.583. The molecule has 0 spiro atoms. The number of benzene rings is 1. The number of hydrogen-bond acceptors (Lipinski definition) is 3. The zero-order valence-electron chi connectivity index (χ0n) is 17.4. The third-order valence-corrected chi connectivity index (χ3v) is 6.04. The quantitative estimate of drug-likeness (QED) is 0.538. The largest absolute Gasteiger partial charge is 0.331 e. The lowest BCUT2D eigenvalue weighted by atomic mass is 9.97. The second-order valence-electron chi connectivity index (χ2n) is 6.69. The summed E-state index contributed by atoms with van der Waals surface area (Å²) in [5.41, 5.74) is 3.54. The highest BCUT2D eigenvalue weighted by molar-refractivity contribution is 7.13. The van der Waals surface area contributed by atoms with Crippen molar-refractivity contribution in [2.75, 3.05) is 0 Å². The Labute approximate surface area is 176 Å². The maximum atomic E-state index is 13.2. The molecule has 0 N–H and O–H groups in total. The zero-order chi connectivity index (χ0) is 19.8. The van der Waals surface area contributed by atoms with Gasteiger partial charge in [-0.3, -0.25) is 4.79 Å². The predicted octanol–water partition coefficient (Wildman–Crippen LogP) is 7.29. The number of aromatic nitrogens is 1. The second-order valence-corrected chi connectivity index (χ2v) is 7.55. The van der Waals surface area contributed by atoms with E-state index in [0.29, 0.717) is 17.8 Å². The third-order valence-electron chi connectivity index (χ3n) is 5.17. The normalized spacial score (nSPS) is 21.8. The molecule has 0 bridgehead atoms. The maximum Gasteiger partial charge on any atom is 0.274 e. The molecule has 1 aromatic carbocycles. The Kier molecular flexibility index (Phi) is 10.4. The first-order chi connectivity index (χ1) is 13.3. The summed E-state index contributed by atoms with van der Waals surface area (Å²) < 4.78 is 0. The lowest BCUT2D eigenvalue weighted by Crippen LogP contribution is -2.45. The van der Waals surface area contributed by atoms with E-state index in [1.807, 2.05) is 45.9 Å². The number of rotatable bonds is 4. The van der Waals surface area contributed by atoms with Crippen molar-refractivity contribution in [1.82, 2.24) is 9.88 Å². The highest BCUT2D eigenvalue weighted by Crippen LogP contribution is 2.47. The van der Waals surface area contributed by atoms with Gasteiger partial charge in [-0.05, 0) is 37.2 Å². The molecule has 2 aromatic rings. The van der Waals surface area contributed by atoms with Crippen LogP contribution in [0.2, 0.25) is 0 Å². The molecule has 1 saturated heterocycles. The molecule has 2 heterocycles. The summed E-state index contributed by atoms with van der Waals surface area (Å²) in [6, 6.07) is 11.0. The van der Waals surface area contributed by atoms with Crippen LogP contribution in [0.3, 0.4) is 0 Å². The van der Waals surface area contributed by atoms with Crippen LogP contribution >= 0.6 is 11.3 Å². The Morgan fingerprint density at radius 3 is 2.46 bits per heavy atom. The molecule has 4 rings (SSSR count). The van der Waals surface area contributed by atoms with Gasteiger partial charge in [0, 0.05) is 12.1 Å². The van der Waals surface area contributed by atoms with Gasteiger partial charge in [-0.25, -0.2) is 4.98 Å². The number of hydrogen-bond donors (Lipinski definition) is 0. The van der Waals surface area contributed by atoms with Crippen LogP contribution in [-0.2, 0) is 0 Å². The molecule has 2 aliphatic rings. The average molecular weight is 403 g/mol. The van der Waals surface area contributed by atoms with Gasteiger partial charge >= 0.3 is 0 Å². The van der Waals surface area contributed by atoms with E-state index >= 15 is 0 Å². The van der Waals surface area contributed by atoms with Gasteiger partial charge in [0.2, 0.25) is 0 Å². The molecule has 1 aromatic heterocycles. The van der Waals surface area contributed by atoms with Crippen molar-refractivity contribution in [2.45, 2.75) is 86.2 Å². The first kappa shape index (κ1) is 24.4. The smallest absolute Gasteiger partial charge is 0.274 e. The van der Waals surface area contributed by atoms with Crippen molar-refractivity contribution in [3.8, 4) is 10.4 Å². The number of likely N-dealkylation sites (tertiary alicyclic amines) is 1. The molecule has 2 fully saturated rings. The molecule has 1 aliphatic heterocycles. The summed E-state index contributed by atoms with van der Waals surface area (Å²) >= 11 is 1.57. The van der Waals surface area contributed by atoms with Crippen molar-refractivity contribution in [3.63, 3.8) is 0 Å². The third kappa shape index (κ3) is 5.22. The second kappa shape index (κ2) is 12.0. The van der Waals surface area contributed by atoms with E-state index < -0.39 is 0 Å². The summed E-state index contributed by atoms with van der Waals surface area (Å²) in [5.74, 6) is 0.890. The molecule has 1 aliphatic carbocycles. The lowest BCUT2D eigenvalue weighted by Gasteiger charge is -2.35. The maximum absolute atomic E-state index is 13.2. The van der Waals surface area contributed by atoms with Gasteiger partial charge in [0.25, 0.3) is 5.91 Å². The van der Waals surface area contributed by atoms with Crippen LogP contribution in [0.1, 0.15) is 84.6 Å². The molecule has 0 unspecified atom stereocenters. The Morgan fingerprint density at radius 1 is 1.14 bits per heavy atom. The predicted molar refractivity (Wildman–Crippen MR) is 123 cm³/mol. The van der Waals surface area contributed by atoms with Crippen LogP contribution in [0.25, 0.3) is 10.4 Å². The van der Waals surface area contributed by atoms with E-state index in [4.69, 9.17) is 0 Å². The molecular formula is C24H38N2OS. The van der Waals surface area contributed by atoms with Crippen LogP contribution in [0.15, 0.2) is 35.8 Å². The summed E-state index contributed by atoms with van der Waals surface area (Å²) in [4.78, 5) is 20.9. The molecule has 156 valence electrons.